The third-order valence-electron chi connectivity index (χ3n) is 7.40. The van der Waals surface area contributed by atoms with Gasteiger partial charge in [0, 0.05) is 38.2 Å². The van der Waals surface area contributed by atoms with E-state index in [4.69, 9.17) is 10.5 Å². The van der Waals surface area contributed by atoms with E-state index in [9.17, 15) is 9.59 Å². The van der Waals surface area contributed by atoms with Crippen molar-refractivity contribution in [2.45, 2.75) is 76.8 Å². The third-order valence-corrected chi connectivity index (χ3v) is 7.40. The normalized spacial score (nSPS) is 18.8. The Labute approximate surface area is 203 Å². The van der Waals surface area contributed by atoms with Crippen molar-refractivity contribution in [3.8, 4) is 5.75 Å². The summed E-state index contributed by atoms with van der Waals surface area (Å²) in [6.45, 7) is 3.03. The maximum Gasteiger partial charge on any atom is 0.349 e. The molecule has 1 aliphatic carbocycles. The first kappa shape index (κ1) is 24.4. The molecule has 2 aliphatic heterocycles. The molecule has 34 heavy (non-hydrogen) atoms. The van der Waals surface area contributed by atoms with Crippen LogP contribution in [0.1, 0.15) is 69.8 Å². The largest absolute Gasteiger partial charge is 0.494 e. The van der Waals surface area contributed by atoms with Crippen molar-refractivity contribution < 1.29 is 18.9 Å². The number of carbonyl (C=O) groups is 2. The second-order valence-electron chi connectivity index (χ2n) is 9.88. The van der Waals surface area contributed by atoms with Gasteiger partial charge in [0.05, 0.1) is 13.2 Å². The van der Waals surface area contributed by atoms with Crippen molar-refractivity contribution in [2.75, 3.05) is 38.6 Å². The summed E-state index contributed by atoms with van der Waals surface area (Å²) in [5.41, 5.74) is 8.20. The van der Waals surface area contributed by atoms with Crippen molar-refractivity contribution in [3.63, 3.8) is 0 Å². The fraction of sp³-hybridized carbons (Fsp3) is 0.654. The Morgan fingerprint density at radius 2 is 1.88 bits per heavy atom. The summed E-state index contributed by atoms with van der Waals surface area (Å²) in [5.74, 6) is 1.62. The van der Waals surface area contributed by atoms with E-state index in [0.717, 1.165) is 55.8 Å². The van der Waals surface area contributed by atoms with Crippen LogP contribution < -0.4 is 15.8 Å². The van der Waals surface area contributed by atoms with Crippen molar-refractivity contribution >= 4 is 23.5 Å². The SMILES string of the molecule is CN(C(=O)CCCOc1ccc2c(c1)C[N+](CC(=O)N1CCCCC1)=C(N)N2)C1CCCCC1. The molecule has 3 N–H and O–H groups in total. The number of nitrogens with zero attached hydrogens (tertiary/aromatic N) is 3. The highest BCUT2D eigenvalue weighted by Gasteiger charge is 2.26. The Kier molecular flexibility index (Phi) is 8.29. The number of amides is 2. The number of guanidine groups is 1. The van der Waals surface area contributed by atoms with Gasteiger partial charge in [-0.05, 0) is 56.7 Å². The quantitative estimate of drug-likeness (QED) is 0.450. The van der Waals surface area contributed by atoms with Crippen LogP contribution in [0, 0.1) is 0 Å². The Morgan fingerprint density at radius 3 is 2.65 bits per heavy atom. The number of hydrogen-bond acceptors (Lipinski definition) is 5. The predicted molar refractivity (Wildman–Crippen MR) is 133 cm³/mol. The smallest absolute Gasteiger partial charge is 0.349 e. The number of hydrogen-bond donors (Lipinski definition) is 2. The summed E-state index contributed by atoms with van der Waals surface area (Å²) >= 11 is 0. The molecule has 1 saturated heterocycles. The van der Waals surface area contributed by atoms with E-state index in [1.807, 2.05) is 39.6 Å². The van der Waals surface area contributed by atoms with Gasteiger partial charge in [0.25, 0.3) is 5.91 Å². The number of benzene rings is 1. The van der Waals surface area contributed by atoms with E-state index in [-0.39, 0.29) is 18.4 Å². The molecule has 0 spiro atoms. The van der Waals surface area contributed by atoms with Gasteiger partial charge in [-0.1, -0.05) is 19.3 Å². The van der Waals surface area contributed by atoms with Crippen LogP contribution in [0.3, 0.4) is 0 Å². The van der Waals surface area contributed by atoms with Gasteiger partial charge in [0.15, 0.2) is 0 Å². The molecule has 1 aromatic carbocycles. The van der Waals surface area contributed by atoms with Crippen molar-refractivity contribution in [2.24, 2.45) is 5.73 Å². The van der Waals surface area contributed by atoms with E-state index in [1.54, 1.807) is 0 Å². The number of carbonyl (C=O) groups excluding carboxylic acids is 2. The fourth-order valence-electron chi connectivity index (χ4n) is 5.23. The van der Waals surface area contributed by atoms with Crippen LogP contribution in [0.4, 0.5) is 5.69 Å². The van der Waals surface area contributed by atoms with E-state index in [0.29, 0.717) is 38.0 Å². The molecule has 0 bridgehead atoms. The molecule has 0 atom stereocenters. The third kappa shape index (κ3) is 6.21. The maximum absolute atomic E-state index is 12.7. The number of piperidine rings is 1. The number of anilines is 1. The van der Waals surface area contributed by atoms with Crippen molar-refractivity contribution in [1.82, 2.24) is 9.80 Å². The highest BCUT2D eigenvalue weighted by Crippen LogP contribution is 2.26. The number of nitrogens with two attached hydrogens (primary N) is 1. The zero-order valence-corrected chi connectivity index (χ0v) is 20.6. The van der Waals surface area contributed by atoms with Gasteiger partial charge >= 0.3 is 5.96 Å². The monoisotopic (exact) mass is 470 g/mol. The fourth-order valence-corrected chi connectivity index (χ4v) is 5.23. The first-order valence-corrected chi connectivity index (χ1v) is 12.9. The molecule has 1 aromatic rings. The molecule has 0 aromatic heterocycles. The molecule has 1 saturated carbocycles. The lowest BCUT2D eigenvalue weighted by atomic mass is 9.94. The Bertz CT molecular complexity index is 904. The molecular formula is C26H40N5O3+. The molecule has 0 radical (unpaired) electrons. The number of fused-ring (bicyclic) bond motifs is 1. The Hall–Kier alpha value is -2.77. The summed E-state index contributed by atoms with van der Waals surface area (Å²) in [6.07, 6.45) is 10.6. The lowest BCUT2D eigenvalue weighted by Gasteiger charge is -2.31. The first-order chi connectivity index (χ1) is 16.5. The summed E-state index contributed by atoms with van der Waals surface area (Å²) in [4.78, 5) is 29.1. The van der Waals surface area contributed by atoms with Crippen LogP contribution in [0.25, 0.3) is 0 Å². The topological polar surface area (TPSA) is 90.9 Å². The van der Waals surface area contributed by atoms with Gasteiger partial charge in [0.1, 0.15) is 18.0 Å². The van der Waals surface area contributed by atoms with Crippen LogP contribution in [0.2, 0.25) is 0 Å². The Morgan fingerprint density at radius 1 is 1.15 bits per heavy atom. The van der Waals surface area contributed by atoms with Crippen LogP contribution in [0.15, 0.2) is 18.2 Å². The van der Waals surface area contributed by atoms with Gasteiger partial charge in [-0.25, -0.2) is 5.32 Å². The van der Waals surface area contributed by atoms with Crippen LogP contribution in [-0.4, -0.2) is 71.5 Å². The van der Waals surface area contributed by atoms with E-state index in [1.165, 1.54) is 25.7 Å². The maximum atomic E-state index is 12.7. The van der Waals surface area contributed by atoms with Crippen molar-refractivity contribution in [3.05, 3.63) is 23.8 Å². The van der Waals surface area contributed by atoms with E-state index >= 15 is 0 Å². The first-order valence-electron chi connectivity index (χ1n) is 12.9. The van der Waals surface area contributed by atoms with Crippen molar-refractivity contribution in [1.29, 1.82) is 0 Å². The average molecular weight is 471 g/mol. The zero-order valence-electron chi connectivity index (χ0n) is 20.6. The van der Waals surface area contributed by atoms with Crippen LogP contribution in [-0.2, 0) is 16.1 Å². The highest BCUT2D eigenvalue weighted by atomic mass is 16.5. The van der Waals surface area contributed by atoms with E-state index in [2.05, 4.69) is 5.32 Å². The lowest BCUT2D eigenvalue weighted by molar-refractivity contribution is -0.535. The Balaban J connectivity index is 1.25. The molecule has 2 amide bonds. The summed E-state index contributed by atoms with van der Waals surface area (Å²) in [6, 6.07) is 6.29. The summed E-state index contributed by atoms with van der Waals surface area (Å²) < 4.78 is 7.85. The van der Waals surface area contributed by atoms with Gasteiger partial charge in [-0.2, -0.15) is 0 Å². The standard InChI is InChI=1S/C26H39N5O3/c1-29(21-9-4-2-5-10-21)24(32)11-8-16-34-22-12-13-23-20(17-22)18-31(26(27)28-23)19-25(33)30-14-6-3-7-15-30/h12-13,17,21H,2-11,14-16,18-19H2,1H3,(H2,27,28)/p+1. The number of ether oxygens (including phenoxy) is 1. The zero-order chi connectivity index (χ0) is 23.9. The summed E-state index contributed by atoms with van der Waals surface area (Å²) in [5, 5.41) is 3.22. The minimum Gasteiger partial charge on any atom is -0.494 e. The average Bonchev–Trinajstić information content (AvgIpc) is 2.87. The summed E-state index contributed by atoms with van der Waals surface area (Å²) in [7, 11) is 1.94. The van der Waals surface area contributed by atoms with Gasteiger partial charge in [0.2, 0.25) is 5.91 Å². The molecule has 2 heterocycles. The second-order valence-corrected chi connectivity index (χ2v) is 9.88. The molecular weight excluding hydrogens is 430 g/mol. The predicted octanol–water partition coefficient (Wildman–Crippen LogP) is 2.90. The van der Waals surface area contributed by atoms with Gasteiger partial charge < -0.3 is 14.5 Å². The van der Waals surface area contributed by atoms with Crippen LogP contribution in [0.5, 0.6) is 5.75 Å². The lowest BCUT2D eigenvalue weighted by Crippen LogP contribution is -2.45. The number of rotatable bonds is 8. The molecule has 3 aliphatic rings. The van der Waals surface area contributed by atoms with Gasteiger partial charge in [-0.15, -0.1) is 0 Å². The minimum absolute atomic E-state index is 0.128. The molecule has 0 unspecified atom stereocenters. The molecule has 2 fully saturated rings. The minimum atomic E-state index is 0.128. The second kappa shape index (κ2) is 11.6. The van der Waals surface area contributed by atoms with Gasteiger partial charge in [-0.3, -0.25) is 19.9 Å². The molecule has 186 valence electrons. The van der Waals surface area contributed by atoms with E-state index < -0.39 is 0 Å². The van der Waals surface area contributed by atoms with Crippen LogP contribution >= 0.6 is 0 Å². The molecule has 8 heteroatoms. The number of likely N-dealkylation sites (tertiary alicyclic amines) is 1. The molecule has 4 rings (SSSR count). The molecule has 8 nitrogen and oxygen atoms in total. The highest BCUT2D eigenvalue weighted by molar-refractivity contribution is 5.91. The number of nitrogens with one attached hydrogen (secondary N) is 1.